The topological polar surface area (TPSA) is 18.5 Å². The van der Waals surface area contributed by atoms with Crippen molar-refractivity contribution in [2.45, 2.75) is 59.9 Å². The highest BCUT2D eigenvalue weighted by Crippen LogP contribution is 2.37. The van der Waals surface area contributed by atoms with Crippen LogP contribution in [0.3, 0.4) is 0 Å². The Morgan fingerprint density at radius 3 is 2.13 bits per heavy atom. The van der Waals surface area contributed by atoms with E-state index in [1.165, 1.54) is 16.7 Å². The lowest BCUT2D eigenvalue weighted by Crippen LogP contribution is -2.41. The maximum atomic E-state index is 6.01. The smallest absolute Gasteiger partial charge is 0.183 e. The minimum Gasteiger partial charge on any atom is -0.491 e. The Bertz CT molecular complexity index is 788. The minimum atomic E-state index is 0.146. The molecule has 0 aromatic heterocycles. The Morgan fingerprint density at radius 1 is 0.867 bits per heavy atom. The van der Waals surface area contributed by atoms with E-state index < -0.39 is 0 Å². The lowest BCUT2D eigenvalue weighted by molar-refractivity contribution is -0.922. The summed E-state index contributed by atoms with van der Waals surface area (Å²) in [7, 11) is 4.38. The maximum Gasteiger partial charge on any atom is 0.183 e. The monoisotopic (exact) mass is 412 g/mol. The summed E-state index contributed by atoms with van der Waals surface area (Å²) in [6.07, 6.45) is 1.14. The third-order valence-electron chi connectivity index (χ3n) is 5.31. The zero-order valence-corrected chi connectivity index (χ0v) is 20.4. The molecule has 0 N–H and O–H groups in total. The second-order valence-electron chi connectivity index (χ2n) is 11.1. The van der Waals surface area contributed by atoms with Gasteiger partial charge in [-0.2, -0.15) is 0 Å². The summed E-state index contributed by atoms with van der Waals surface area (Å²) < 4.78 is 12.7. The van der Waals surface area contributed by atoms with Crippen LogP contribution < -0.4 is 4.74 Å². The Labute approximate surface area is 184 Å². The van der Waals surface area contributed by atoms with Crippen LogP contribution in [0, 0.1) is 12.3 Å². The van der Waals surface area contributed by atoms with Crippen molar-refractivity contribution < 1.29 is 14.0 Å². The fourth-order valence-corrected chi connectivity index (χ4v) is 4.31. The quantitative estimate of drug-likeness (QED) is 0.258. The van der Waals surface area contributed by atoms with Gasteiger partial charge in [0.05, 0.1) is 20.7 Å². The largest absolute Gasteiger partial charge is 0.491 e. The fraction of sp³-hybridized carbons (Fsp3) is 0.556. The Balaban J connectivity index is 1.81. The molecule has 3 heteroatoms. The van der Waals surface area contributed by atoms with Gasteiger partial charge in [-0.05, 0) is 41.4 Å². The zero-order valence-electron chi connectivity index (χ0n) is 20.4. The molecule has 0 aliphatic carbocycles. The first-order chi connectivity index (χ1) is 13.9. The molecule has 166 valence electrons. The van der Waals surface area contributed by atoms with Gasteiger partial charge in [-0.1, -0.05) is 77.1 Å². The van der Waals surface area contributed by atoms with E-state index in [-0.39, 0.29) is 5.41 Å². The van der Waals surface area contributed by atoms with Gasteiger partial charge in [-0.25, -0.2) is 0 Å². The van der Waals surface area contributed by atoms with E-state index in [2.05, 4.69) is 104 Å². The molecule has 0 atom stereocenters. The van der Waals surface area contributed by atoms with E-state index in [9.17, 15) is 0 Å². The number of nitrogens with zero attached hydrogens (tertiary/aromatic N) is 1. The SMILES string of the molecule is Cc1cc(C(C)(C)CC(C)(C)C)ccc1OCCOC[N+](C)(C)Cc1ccccc1. The molecule has 0 unspecified atom stereocenters. The van der Waals surface area contributed by atoms with Gasteiger partial charge in [-0.15, -0.1) is 0 Å². The second-order valence-corrected chi connectivity index (χ2v) is 11.1. The molecular formula is C27H42NO2+. The normalized spacial score (nSPS) is 12.8. The summed E-state index contributed by atoms with van der Waals surface area (Å²) in [5.74, 6) is 0.951. The average Bonchev–Trinajstić information content (AvgIpc) is 2.61. The van der Waals surface area contributed by atoms with Crippen LogP contribution in [0.2, 0.25) is 0 Å². The van der Waals surface area contributed by atoms with Crippen molar-refractivity contribution in [1.29, 1.82) is 0 Å². The highest BCUT2D eigenvalue weighted by molar-refractivity contribution is 5.39. The van der Waals surface area contributed by atoms with Crippen molar-refractivity contribution in [2.24, 2.45) is 5.41 Å². The number of aryl methyl sites for hydroxylation is 1. The van der Waals surface area contributed by atoms with Gasteiger partial charge in [0.2, 0.25) is 0 Å². The van der Waals surface area contributed by atoms with E-state index in [0.29, 0.717) is 25.4 Å². The van der Waals surface area contributed by atoms with Gasteiger partial charge in [0.25, 0.3) is 0 Å². The number of ether oxygens (including phenoxy) is 2. The molecule has 2 aromatic carbocycles. The van der Waals surface area contributed by atoms with Crippen LogP contribution in [0.4, 0.5) is 0 Å². The first-order valence-electron chi connectivity index (χ1n) is 11.1. The predicted molar refractivity (Wildman–Crippen MR) is 127 cm³/mol. The van der Waals surface area contributed by atoms with Crippen LogP contribution in [-0.2, 0) is 16.7 Å². The summed E-state index contributed by atoms with van der Waals surface area (Å²) in [5, 5.41) is 0. The fourth-order valence-electron chi connectivity index (χ4n) is 4.31. The van der Waals surface area contributed by atoms with Gasteiger partial charge in [0, 0.05) is 5.56 Å². The van der Waals surface area contributed by atoms with Crippen molar-refractivity contribution >= 4 is 0 Å². The van der Waals surface area contributed by atoms with E-state index in [0.717, 1.165) is 23.2 Å². The number of hydrogen-bond donors (Lipinski definition) is 0. The molecule has 30 heavy (non-hydrogen) atoms. The number of benzene rings is 2. The van der Waals surface area contributed by atoms with Crippen molar-refractivity contribution in [3.63, 3.8) is 0 Å². The van der Waals surface area contributed by atoms with Gasteiger partial charge in [0.15, 0.2) is 6.73 Å². The Hall–Kier alpha value is -1.84. The van der Waals surface area contributed by atoms with Crippen molar-refractivity contribution in [3.8, 4) is 5.75 Å². The number of quaternary nitrogens is 1. The first kappa shape index (κ1) is 24.4. The van der Waals surface area contributed by atoms with Crippen LogP contribution in [0.15, 0.2) is 48.5 Å². The van der Waals surface area contributed by atoms with Gasteiger partial charge in [0.1, 0.15) is 18.9 Å². The van der Waals surface area contributed by atoms with Gasteiger partial charge in [-0.3, -0.25) is 0 Å². The Kier molecular flexibility index (Phi) is 8.13. The van der Waals surface area contributed by atoms with Crippen LogP contribution in [-0.4, -0.2) is 38.5 Å². The maximum absolute atomic E-state index is 6.01. The molecule has 0 heterocycles. The molecule has 0 saturated heterocycles. The summed E-state index contributed by atoms with van der Waals surface area (Å²) in [4.78, 5) is 0. The van der Waals surface area contributed by atoms with Crippen LogP contribution in [0.1, 0.15) is 57.7 Å². The molecule has 0 bridgehead atoms. The summed E-state index contributed by atoms with van der Waals surface area (Å²) in [6, 6.07) is 17.2. The molecule has 0 fully saturated rings. The summed E-state index contributed by atoms with van der Waals surface area (Å²) in [6.45, 7) is 16.5. The number of rotatable bonds is 10. The van der Waals surface area contributed by atoms with E-state index in [4.69, 9.17) is 9.47 Å². The standard InChI is InChI=1S/C27H42NO2/c1-22-18-24(27(5,6)20-26(2,3)4)14-15-25(22)30-17-16-29-21-28(7,8)19-23-12-10-9-11-13-23/h9-15,18H,16-17,19-21H2,1-8H3/q+1. The molecular weight excluding hydrogens is 370 g/mol. The lowest BCUT2D eigenvalue weighted by atomic mass is 9.72. The predicted octanol–water partition coefficient (Wildman–Crippen LogP) is 6.34. The molecule has 0 spiro atoms. The molecule has 0 radical (unpaired) electrons. The van der Waals surface area contributed by atoms with Crippen molar-refractivity contribution in [3.05, 3.63) is 65.2 Å². The molecule has 3 nitrogen and oxygen atoms in total. The van der Waals surface area contributed by atoms with E-state index in [1.807, 2.05) is 0 Å². The summed E-state index contributed by atoms with van der Waals surface area (Å²) >= 11 is 0. The average molecular weight is 413 g/mol. The van der Waals surface area contributed by atoms with Crippen LogP contribution in [0.25, 0.3) is 0 Å². The highest BCUT2D eigenvalue weighted by Gasteiger charge is 2.27. The molecule has 0 aliphatic rings. The molecule has 0 saturated carbocycles. The van der Waals surface area contributed by atoms with Crippen LogP contribution >= 0.6 is 0 Å². The van der Waals surface area contributed by atoms with Crippen LogP contribution in [0.5, 0.6) is 5.75 Å². The molecule has 0 aliphatic heterocycles. The zero-order chi connectivity index (χ0) is 22.4. The molecule has 2 rings (SSSR count). The summed E-state index contributed by atoms with van der Waals surface area (Å²) in [5.41, 5.74) is 4.34. The van der Waals surface area contributed by atoms with Gasteiger partial charge >= 0.3 is 0 Å². The minimum absolute atomic E-state index is 0.146. The second kappa shape index (κ2) is 9.98. The van der Waals surface area contributed by atoms with Crippen molar-refractivity contribution in [2.75, 3.05) is 34.0 Å². The lowest BCUT2D eigenvalue weighted by Gasteiger charge is -2.33. The highest BCUT2D eigenvalue weighted by atomic mass is 16.5. The third-order valence-corrected chi connectivity index (χ3v) is 5.31. The molecule has 0 amide bonds. The molecule has 2 aromatic rings. The number of hydrogen-bond acceptors (Lipinski definition) is 2. The van der Waals surface area contributed by atoms with Gasteiger partial charge < -0.3 is 14.0 Å². The Morgan fingerprint density at radius 2 is 1.53 bits per heavy atom. The third kappa shape index (κ3) is 8.12. The van der Waals surface area contributed by atoms with E-state index >= 15 is 0 Å². The van der Waals surface area contributed by atoms with E-state index in [1.54, 1.807) is 0 Å². The first-order valence-corrected chi connectivity index (χ1v) is 11.1. The van der Waals surface area contributed by atoms with Crippen molar-refractivity contribution in [1.82, 2.24) is 0 Å².